The summed E-state index contributed by atoms with van der Waals surface area (Å²) in [5.74, 6) is 0. The molecule has 0 aromatic heterocycles. The van der Waals surface area contributed by atoms with Crippen LogP contribution >= 0.6 is 11.6 Å². The summed E-state index contributed by atoms with van der Waals surface area (Å²) in [6, 6.07) is 2.19. The molecule has 0 bridgehead atoms. The van der Waals surface area contributed by atoms with Crippen molar-refractivity contribution in [1.29, 1.82) is 0 Å². The van der Waals surface area contributed by atoms with Crippen molar-refractivity contribution in [2.45, 2.75) is 11.8 Å². The van der Waals surface area contributed by atoms with Gasteiger partial charge in [0.15, 0.2) is 0 Å². The van der Waals surface area contributed by atoms with Crippen molar-refractivity contribution in [3.8, 4) is 0 Å². The molecule has 0 spiro atoms. The van der Waals surface area contributed by atoms with Gasteiger partial charge in [-0.2, -0.15) is 0 Å². The van der Waals surface area contributed by atoms with E-state index < -0.39 is 15.0 Å². The third-order valence-corrected chi connectivity index (χ3v) is 2.85. The van der Waals surface area contributed by atoms with Gasteiger partial charge in [0.25, 0.3) is 0 Å². The van der Waals surface area contributed by atoms with E-state index in [-0.39, 0.29) is 29.6 Å². The van der Waals surface area contributed by atoms with Crippen molar-refractivity contribution in [1.82, 2.24) is 0 Å². The molecule has 0 amide bonds. The number of halogens is 1. The molecule has 0 atom stereocenters. The Bertz CT molecular complexity index is 423. The second-order valence-corrected chi connectivity index (χ2v) is 4.36. The molecule has 0 aliphatic carbocycles. The molecule has 0 saturated carbocycles. The molecule has 14 heavy (non-hydrogen) atoms. The van der Waals surface area contributed by atoms with Gasteiger partial charge >= 0.3 is 18.9 Å². The van der Waals surface area contributed by atoms with Crippen LogP contribution in [0, 0.1) is 6.92 Å². The first kappa shape index (κ1) is 13.8. The smallest absolute Gasteiger partial charge is 0.744 e. The number of hydrogen-bond donors (Lipinski definition) is 1. The molecule has 72 valence electrons. The molecule has 0 radical (unpaired) electrons. The molecule has 0 heterocycles. The Morgan fingerprint density at radius 1 is 1.43 bits per heavy atom. The van der Waals surface area contributed by atoms with E-state index in [2.05, 4.69) is 0 Å². The van der Waals surface area contributed by atoms with Gasteiger partial charge in [0.05, 0.1) is 4.90 Å². The van der Waals surface area contributed by atoms with E-state index in [0.29, 0.717) is 5.56 Å². The minimum absolute atomic E-state index is 0. The third kappa shape index (κ3) is 2.91. The average molecular weight is 228 g/mol. The quantitative estimate of drug-likeness (QED) is 0.346. The standard InChI is InChI=1S/C7H8ClNO3S.Li/c1-4-6(8)2-5(3-7(4)9)13(10,11)12;/h2-3H,9H2,1H3,(H,10,11,12);/q;+1/p-1. The van der Waals surface area contributed by atoms with E-state index >= 15 is 0 Å². The van der Waals surface area contributed by atoms with Crippen molar-refractivity contribution < 1.29 is 31.8 Å². The number of rotatable bonds is 1. The Labute approximate surface area is 99.4 Å². The molecule has 1 aromatic rings. The summed E-state index contributed by atoms with van der Waals surface area (Å²) in [4.78, 5) is -0.402. The van der Waals surface area contributed by atoms with E-state index in [1.807, 2.05) is 0 Å². The fraction of sp³-hybridized carbons (Fsp3) is 0.143. The van der Waals surface area contributed by atoms with Gasteiger partial charge in [0, 0.05) is 10.7 Å². The van der Waals surface area contributed by atoms with Gasteiger partial charge in [0.1, 0.15) is 10.1 Å². The summed E-state index contributed by atoms with van der Waals surface area (Å²) in [5, 5.41) is 0.175. The van der Waals surface area contributed by atoms with Crippen LogP contribution in [0.2, 0.25) is 5.02 Å². The maximum Gasteiger partial charge on any atom is 1.00 e. The van der Waals surface area contributed by atoms with Gasteiger partial charge in [-0.15, -0.1) is 0 Å². The Hall–Kier alpha value is -0.183. The van der Waals surface area contributed by atoms with Crippen LogP contribution in [0.3, 0.4) is 0 Å². The molecule has 1 aromatic carbocycles. The molecule has 0 aliphatic rings. The number of benzene rings is 1. The van der Waals surface area contributed by atoms with Crippen LogP contribution in [0.5, 0.6) is 0 Å². The van der Waals surface area contributed by atoms with Gasteiger partial charge in [0.2, 0.25) is 0 Å². The molecule has 7 heteroatoms. The molecule has 0 aliphatic heterocycles. The number of nitrogen functional groups attached to an aromatic ring is 1. The first-order chi connectivity index (χ1) is 5.82. The Kier molecular flexibility index (Phi) is 4.50. The SMILES string of the molecule is Cc1c(N)cc(S(=O)(=O)[O-])cc1Cl.[Li+]. The topological polar surface area (TPSA) is 83.2 Å². The zero-order valence-electron chi connectivity index (χ0n) is 7.74. The first-order valence-corrected chi connectivity index (χ1v) is 5.12. The van der Waals surface area contributed by atoms with Crippen molar-refractivity contribution in [2.75, 3.05) is 5.73 Å². The van der Waals surface area contributed by atoms with Crippen LogP contribution in [0.4, 0.5) is 5.69 Å². The summed E-state index contributed by atoms with van der Waals surface area (Å²) in [6.07, 6.45) is 0. The fourth-order valence-corrected chi connectivity index (χ4v) is 1.64. The van der Waals surface area contributed by atoms with Crippen molar-refractivity contribution in [3.05, 3.63) is 22.7 Å². The second kappa shape index (κ2) is 4.56. The molecule has 0 unspecified atom stereocenters. The third-order valence-electron chi connectivity index (χ3n) is 1.65. The Morgan fingerprint density at radius 3 is 2.29 bits per heavy atom. The predicted octanol–water partition coefficient (Wildman–Crippen LogP) is -1.86. The van der Waals surface area contributed by atoms with E-state index in [4.69, 9.17) is 17.3 Å². The summed E-state index contributed by atoms with van der Waals surface area (Å²) in [5.41, 5.74) is 6.19. The van der Waals surface area contributed by atoms with E-state index in [1.54, 1.807) is 6.92 Å². The minimum Gasteiger partial charge on any atom is -0.744 e. The number of nitrogens with two attached hydrogens (primary N) is 1. The fourth-order valence-electron chi connectivity index (χ4n) is 0.819. The summed E-state index contributed by atoms with van der Waals surface area (Å²) >= 11 is 5.64. The number of anilines is 1. The van der Waals surface area contributed by atoms with Crippen molar-refractivity contribution >= 4 is 27.4 Å². The van der Waals surface area contributed by atoms with Crippen LogP contribution in [0.25, 0.3) is 0 Å². The largest absolute Gasteiger partial charge is 1.00 e. The monoisotopic (exact) mass is 227 g/mol. The summed E-state index contributed by atoms with van der Waals surface area (Å²) in [6.45, 7) is 1.64. The molecular weight excluding hydrogens is 221 g/mol. The molecule has 1 rings (SSSR count). The Morgan fingerprint density at radius 2 is 1.93 bits per heavy atom. The van der Waals surface area contributed by atoms with Crippen LogP contribution in [-0.2, 0) is 10.1 Å². The minimum atomic E-state index is -4.48. The van der Waals surface area contributed by atoms with Crippen LogP contribution < -0.4 is 24.6 Å². The Balaban J connectivity index is 0.00000169. The van der Waals surface area contributed by atoms with Gasteiger partial charge in [-0.25, -0.2) is 8.42 Å². The molecule has 4 nitrogen and oxygen atoms in total. The molecule has 0 fully saturated rings. The molecule has 2 N–H and O–H groups in total. The van der Waals surface area contributed by atoms with Gasteiger partial charge in [-0.3, -0.25) is 0 Å². The molecule has 0 saturated heterocycles. The van der Waals surface area contributed by atoms with E-state index in [9.17, 15) is 13.0 Å². The predicted molar refractivity (Wildman–Crippen MR) is 48.6 cm³/mol. The zero-order chi connectivity index (χ0) is 10.2. The van der Waals surface area contributed by atoms with Crippen molar-refractivity contribution in [2.24, 2.45) is 0 Å². The van der Waals surface area contributed by atoms with Crippen LogP contribution in [-0.4, -0.2) is 13.0 Å². The van der Waals surface area contributed by atoms with Gasteiger partial charge < -0.3 is 10.3 Å². The van der Waals surface area contributed by atoms with Crippen molar-refractivity contribution in [3.63, 3.8) is 0 Å². The molecular formula is C7H7ClLiNO3S. The van der Waals surface area contributed by atoms with Gasteiger partial charge in [-0.1, -0.05) is 11.6 Å². The van der Waals surface area contributed by atoms with E-state index in [1.165, 1.54) is 0 Å². The van der Waals surface area contributed by atoms with Crippen LogP contribution in [0.1, 0.15) is 5.56 Å². The van der Waals surface area contributed by atoms with Gasteiger partial charge in [-0.05, 0) is 24.6 Å². The average Bonchev–Trinajstić information content (AvgIpc) is 1.97. The number of hydrogen-bond acceptors (Lipinski definition) is 4. The summed E-state index contributed by atoms with van der Waals surface area (Å²) < 4.78 is 31.7. The van der Waals surface area contributed by atoms with E-state index in [0.717, 1.165) is 12.1 Å². The zero-order valence-corrected chi connectivity index (χ0v) is 9.32. The second-order valence-electron chi connectivity index (χ2n) is 2.57. The maximum atomic E-state index is 10.6. The first-order valence-electron chi connectivity index (χ1n) is 3.34. The maximum absolute atomic E-state index is 10.6. The normalized spacial score (nSPS) is 10.8. The summed E-state index contributed by atoms with van der Waals surface area (Å²) in [7, 11) is -4.48. The van der Waals surface area contributed by atoms with Crippen LogP contribution in [0.15, 0.2) is 17.0 Å².